The van der Waals surface area contributed by atoms with Gasteiger partial charge in [0.25, 0.3) is 0 Å². The van der Waals surface area contributed by atoms with E-state index in [1.807, 2.05) is 12.1 Å². The lowest BCUT2D eigenvalue weighted by Crippen LogP contribution is -2.11. The van der Waals surface area contributed by atoms with Crippen molar-refractivity contribution in [3.8, 4) is 27.9 Å². The zero-order valence-electron chi connectivity index (χ0n) is 29.9. The van der Waals surface area contributed by atoms with Crippen LogP contribution in [0.3, 0.4) is 0 Å². The quantitative estimate of drug-likeness (QED) is 0.172. The second kappa shape index (κ2) is 12.6. The molecule has 3 heteroatoms. The molecule has 0 saturated carbocycles. The van der Waals surface area contributed by atoms with Gasteiger partial charge >= 0.3 is 0 Å². The highest BCUT2D eigenvalue weighted by Crippen LogP contribution is 2.45. The number of nitrogens with zero attached hydrogens (tertiary/aromatic N) is 2. The first-order valence-corrected chi connectivity index (χ1v) is 18.8. The van der Waals surface area contributed by atoms with Gasteiger partial charge < -0.3 is 13.9 Å². The molecule has 0 atom stereocenters. The van der Waals surface area contributed by atoms with Crippen LogP contribution in [-0.4, -0.2) is 4.57 Å². The second-order valence-electron chi connectivity index (χ2n) is 14.1. The van der Waals surface area contributed by atoms with E-state index in [0.29, 0.717) is 0 Å². The number of aromatic nitrogens is 1. The summed E-state index contributed by atoms with van der Waals surface area (Å²) in [6, 6.07) is 73.9. The molecule has 9 aromatic carbocycles. The van der Waals surface area contributed by atoms with E-state index in [9.17, 15) is 0 Å². The van der Waals surface area contributed by atoms with Gasteiger partial charge in [-0.3, -0.25) is 0 Å². The van der Waals surface area contributed by atoms with Gasteiger partial charge in [-0.05, 0) is 70.9 Å². The Balaban J connectivity index is 1.09. The third-order valence-corrected chi connectivity index (χ3v) is 11.0. The maximum absolute atomic E-state index is 6.58. The van der Waals surface area contributed by atoms with E-state index in [1.54, 1.807) is 0 Å². The fourth-order valence-electron chi connectivity index (χ4n) is 8.48. The van der Waals surface area contributed by atoms with E-state index in [4.69, 9.17) is 4.42 Å². The van der Waals surface area contributed by atoms with E-state index in [0.717, 1.165) is 61.4 Å². The zero-order chi connectivity index (χ0) is 36.3. The SMILES string of the molecule is c1ccc(N(c2ccc(-c3ccccc3-n3c4ccccc4c4ccccc43)cc2)c2ccc3ccccc3c2)c(-c2cccc3c2oc2ccccc23)c1. The van der Waals surface area contributed by atoms with Crippen LogP contribution in [0.25, 0.3) is 82.5 Å². The molecule has 2 heterocycles. The van der Waals surface area contributed by atoms with Crippen molar-refractivity contribution in [2.24, 2.45) is 0 Å². The highest BCUT2D eigenvalue weighted by atomic mass is 16.3. The van der Waals surface area contributed by atoms with Crippen molar-refractivity contribution in [3.05, 3.63) is 206 Å². The summed E-state index contributed by atoms with van der Waals surface area (Å²) in [5.74, 6) is 0. The lowest BCUT2D eigenvalue weighted by molar-refractivity contribution is 0.670. The van der Waals surface area contributed by atoms with Crippen molar-refractivity contribution in [2.75, 3.05) is 4.90 Å². The van der Waals surface area contributed by atoms with E-state index in [2.05, 4.69) is 204 Å². The minimum absolute atomic E-state index is 0.894. The normalized spacial score (nSPS) is 11.6. The van der Waals surface area contributed by atoms with E-state index in [-0.39, 0.29) is 0 Å². The molecule has 0 N–H and O–H groups in total. The average Bonchev–Trinajstić information content (AvgIpc) is 3.80. The van der Waals surface area contributed by atoms with Crippen LogP contribution >= 0.6 is 0 Å². The molecule has 0 spiro atoms. The standard InChI is InChI=1S/C52H34N2O/c1-2-15-37-34-39(33-28-35(37)14-1)53(48-24-9-6-19-43(48)45-21-13-22-46-44-20-7-12-27-51(44)55-52(45)46)38-31-29-36(30-32-38)40-16-3-8-23-47(40)54-49-25-10-4-17-41(49)42-18-5-11-26-50(42)54/h1-34H. The van der Waals surface area contributed by atoms with E-state index in [1.165, 1.54) is 38.1 Å². The first-order valence-electron chi connectivity index (χ1n) is 18.8. The predicted octanol–water partition coefficient (Wildman–Crippen LogP) is 14.6. The first-order chi connectivity index (χ1) is 27.3. The molecule has 0 aliphatic carbocycles. The highest BCUT2D eigenvalue weighted by molar-refractivity contribution is 6.11. The van der Waals surface area contributed by atoms with Crippen LogP contribution in [0.2, 0.25) is 0 Å². The van der Waals surface area contributed by atoms with Gasteiger partial charge in [-0.15, -0.1) is 0 Å². The molecule has 0 bridgehead atoms. The van der Waals surface area contributed by atoms with Crippen LogP contribution in [-0.2, 0) is 0 Å². The van der Waals surface area contributed by atoms with Gasteiger partial charge in [0.15, 0.2) is 0 Å². The van der Waals surface area contributed by atoms with Gasteiger partial charge in [0, 0.05) is 49.6 Å². The third kappa shape index (κ3) is 5.05. The van der Waals surface area contributed by atoms with Crippen molar-refractivity contribution in [3.63, 3.8) is 0 Å². The molecule has 258 valence electrons. The molecule has 0 aliphatic heterocycles. The van der Waals surface area contributed by atoms with Gasteiger partial charge in [0.05, 0.1) is 22.4 Å². The van der Waals surface area contributed by atoms with Crippen molar-refractivity contribution in [1.82, 2.24) is 4.57 Å². The maximum atomic E-state index is 6.58. The Morgan fingerprint density at radius 3 is 1.76 bits per heavy atom. The molecule has 0 unspecified atom stereocenters. The Morgan fingerprint density at radius 2 is 0.964 bits per heavy atom. The molecule has 0 fully saturated rings. The van der Waals surface area contributed by atoms with Crippen LogP contribution < -0.4 is 4.90 Å². The largest absolute Gasteiger partial charge is 0.455 e. The third-order valence-electron chi connectivity index (χ3n) is 11.0. The molecule has 0 amide bonds. The summed E-state index contributed by atoms with van der Waals surface area (Å²) in [4.78, 5) is 2.38. The number of benzene rings is 9. The monoisotopic (exact) mass is 702 g/mol. The molecule has 3 nitrogen and oxygen atoms in total. The highest BCUT2D eigenvalue weighted by Gasteiger charge is 2.21. The number of hydrogen-bond acceptors (Lipinski definition) is 2. The second-order valence-corrected chi connectivity index (χ2v) is 14.1. The summed E-state index contributed by atoms with van der Waals surface area (Å²) >= 11 is 0. The Morgan fingerprint density at radius 1 is 0.382 bits per heavy atom. The number of rotatable bonds is 6. The molecule has 0 radical (unpaired) electrons. The Bertz CT molecular complexity index is 3170. The summed E-state index contributed by atoms with van der Waals surface area (Å²) < 4.78 is 8.99. The molecule has 0 aliphatic rings. The summed E-state index contributed by atoms with van der Waals surface area (Å²) in [6.45, 7) is 0. The molecule has 0 saturated heterocycles. The van der Waals surface area contributed by atoms with Crippen LogP contribution in [0, 0.1) is 0 Å². The molecule has 55 heavy (non-hydrogen) atoms. The van der Waals surface area contributed by atoms with E-state index >= 15 is 0 Å². The van der Waals surface area contributed by atoms with Crippen molar-refractivity contribution in [1.29, 1.82) is 0 Å². The van der Waals surface area contributed by atoms with Crippen LogP contribution in [0.4, 0.5) is 17.1 Å². The fourth-order valence-corrected chi connectivity index (χ4v) is 8.48. The number of furan rings is 1. The minimum Gasteiger partial charge on any atom is -0.455 e. The summed E-state index contributed by atoms with van der Waals surface area (Å²) in [5, 5.41) is 7.16. The van der Waals surface area contributed by atoms with Gasteiger partial charge in [-0.25, -0.2) is 0 Å². The summed E-state index contributed by atoms with van der Waals surface area (Å²) in [5.41, 5.74) is 13.1. The Kier molecular flexibility index (Phi) is 7.17. The molecular formula is C52H34N2O. The molecule has 2 aromatic heterocycles. The maximum Gasteiger partial charge on any atom is 0.143 e. The summed E-state index contributed by atoms with van der Waals surface area (Å²) in [7, 11) is 0. The predicted molar refractivity (Wildman–Crippen MR) is 231 cm³/mol. The first kappa shape index (κ1) is 31.2. The van der Waals surface area contributed by atoms with Crippen LogP contribution in [0.15, 0.2) is 211 Å². The smallest absolute Gasteiger partial charge is 0.143 e. The lowest BCUT2D eigenvalue weighted by atomic mass is 9.98. The topological polar surface area (TPSA) is 21.3 Å². The van der Waals surface area contributed by atoms with Gasteiger partial charge in [-0.1, -0.05) is 152 Å². The number of para-hydroxylation sites is 6. The van der Waals surface area contributed by atoms with Crippen molar-refractivity contribution < 1.29 is 4.42 Å². The van der Waals surface area contributed by atoms with Crippen LogP contribution in [0.5, 0.6) is 0 Å². The van der Waals surface area contributed by atoms with Crippen LogP contribution in [0.1, 0.15) is 0 Å². The number of anilines is 3. The number of hydrogen-bond donors (Lipinski definition) is 0. The van der Waals surface area contributed by atoms with Crippen molar-refractivity contribution in [2.45, 2.75) is 0 Å². The Labute approximate surface area is 318 Å². The zero-order valence-corrected chi connectivity index (χ0v) is 29.9. The minimum atomic E-state index is 0.894. The average molecular weight is 703 g/mol. The lowest BCUT2D eigenvalue weighted by Gasteiger charge is -2.28. The Hall–Kier alpha value is -7.36. The van der Waals surface area contributed by atoms with Crippen molar-refractivity contribution >= 4 is 71.6 Å². The van der Waals surface area contributed by atoms with E-state index < -0.39 is 0 Å². The molecule has 11 aromatic rings. The fraction of sp³-hybridized carbons (Fsp3) is 0. The van der Waals surface area contributed by atoms with Gasteiger partial charge in [-0.2, -0.15) is 0 Å². The molecular weight excluding hydrogens is 669 g/mol. The van der Waals surface area contributed by atoms with Gasteiger partial charge in [0.1, 0.15) is 11.2 Å². The van der Waals surface area contributed by atoms with Gasteiger partial charge in [0.2, 0.25) is 0 Å². The molecule has 11 rings (SSSR count). The number of fused-ring (bicyclic) bond motifs is 7. The summed E-state index contributed by atoms with van der Waals surface area (Å²) in [6.07, 6.45) is 0.